The quantitative estimate of drug-likeness (QED) is 0.672. The largest absolute Gasteiger partial charge is 0.496 e. The number of carbonyl (C=O) groups is 2. The molecule has 30 heavy (non-hydrogen) atoms. The van der Waals surface area contributed by atoms with E-state index in [0.717, 1.165) is 16.8 Å². The van der Waals surface area contributed by atoms with Gasteiger partial charge in [0.15, 0.2) is 11.5 Å². The van der Waals surface area contributed by atoms with Crippen LogP contribution in [-0.4, -0.2) is 51.6 Å². The predicted octanol–water partition coefficient (Wildman–Crippen LogP) is 3.44. The summed E-state index contributed by atoms with van der Waals surface area (Å²) >= 11 is 0. The van der Waals surface area contributed by atoms with Crippen LogP contribution >= 0.6 is 0 Å². The molecule has 0 radical (unpaired) electrons. The fourth-order valence-electron chi connectivity index (χ4n) is 2.96. The zero-order chi connectivity index (χ0) is 22.3. The number of nitrogens with zero attached hydrogens (tertiary/aromatic N) is 1. The maximum atomic E-state index is 12.5. The molecule has 0 fully saturated rings. The summed E-state index contributed by atoms with van der Waals surface area (Å²) in [7, 11) is 6.17. The SMILES string of the molecule is COc1cc(OC)c(OC)cc1/C=C/C(=O)N(C)CC(=O)Nc1c(C)cccc1C. The minimum atomic E-state index is -0.316. The average molecular weight is 412 g/mol. The molecule has 0 saturated carbocycles. The Labute approximate surface area is 177 Å². The molecule has 160 valence electrons. The highest BCUT2D eigenvalue weighted by atomic mass is 16.5. The normalized spacial score (nSPS) is 10.6. The number of nitrogens with one attached hydrogen (secondary N) is 1. The molecule has 0 aliphatic heterocycles. The molecule has 7 nitrogen and oxygen atoms in total. The highest BCUT2D eigenvalue weighted by molar-refractivity contribution is 5.98. The van der Waals surface area contributed by atoms with Crippen LogP contribution in [0.4, 0.5) is 5.69 Å². The van der Waals surface area contributed by atoms with Gasteiger partial charge in [0.05, 0.1) is 27.9 Å². The van der Waals surface area contributed by atoms with Crippen LogP contribution in [-0.2, 0) is 9.59 Å². The van der Waals surface area contributed by atoms with E-state index in [1.54, 1.807) is 25.3 Å². The van der Waals surface area contributed by atoms with Gasteiger partial charge in [0.2, 0.25) is 11.8 Å². The molecule has 0 unspecified atom stereocenters. The van der Waals surface area contributed by atoms with Gasteiger partial charge >= 0.3 is 0 Å². The first-order valence-corrected chi connectivity index (χ1v) is 9.40. The number of anilines is 1. The van der Waals surface area contributed by atoms with Crippen molar-refractivity contribution in [3.05, 3.63) is 53.1 Å². The van der Waals surface area contributed by atoms with Gasteiger partial charge in [0.1, 0.15) is 5.75 Å². The molecule has 7 heteroatoms. The Balaban J connectivity index is 2.08. The average Bonchev–Trinajstić information content (AvgIpc) is 2.73. The van der Waals surface area contributed by atoms with E-state index in [0.29, 0.717) is 22.8 Å². The lowest BCUT2D eigenvalue weighted by molar-refractivity contribution is -0.129. The number of amides is 2. The summed E-state index contributed by atoms with van der Waals surface area (Å²) < 4.78 is 15.9. The van der Waals surface area contributed by atoms with Gasteiger partial charge in [-0.2, -0.15) is 0 Å². The van der Waals surface area contributed by atoms with E-state index in [1.165, 1.54) is 32.3 Å². The first-order valence-electron chi connectivity index (χ1n) is 9.40. The molecule has 0 bridgehead atoms. The van der Waals surface area contributed by atoms with E-state index >= 15 is 0 Å². The summed E-state index contributed by atoms with van der Waals surface area (Å²) in [5.41, 5.74) is 3.36. The molecule has 0 saturated heterocycles. The molecule has 1 N–H and O–H groups in total. The van der Waals surface area contributed by atoms with E-state index in [2.05, 4.69) is 5.32 Å². The summed E-state index contributed by atoms with van der Waals surface area (Å²) in [4.78, 5) is 26.2. The first-order chi connectivity index (χ1) is 14.3. The third-order valence-electron chi connectivity index (χ3n) is 4.64. The van der Waals surface area contributed by atoms with Crippen molar-refractivity contribution < 1.29 is 23.8 Å². The minimum Gasteiger partial charge on any atom is -0.496 e. The van der Waals surface area contributed by atoms with Crippen LogP contribution in [0, 0.1) is 13.8 Å². The third-order valence-corrected chi connectivity index (χ3v) is 4.64. The standard InChI is InChI=1S/C23H28N2O5/c1-15-8-7-9-16(2)23(15)24-21(26)14-25(3)22(27)11-10-17-12-19(29-5)20(30-6)13-18(17)28-4/h7-13H,14H2,1-6H3,(H,24,26)/b11-10+. The van der Waals surface area contributed by atoms with Crippen LogP contribution in [0.3, 0.4) is 0 Å². The molecular formula is C23H28N2O5. The van der Waals surface area contributed by atoms with Gasteiger partial charge < -0.3 is 24.4 Å². The highest BCUT2D eigenvalue weighted by Gasteiger charge is 2.14. The summed E-state index contributed by atoms with van der Waals surface area (Å²) in [5, 5.41) is 2.88. The number of methoxy groups -OCH3 is 3. The van der Waals surface area contributed by atoms with Crippen molar-refractivity contribution in [1.29, 1.82) is 0 Å². The fraction of sp³-hybridized carbons (Fsp3) is 0.304. The maximum Gasteiger partial charge on any atom is 0.246 e. The molecule has 0 aromatic heterocycles. The summed E-state index contributed by atoms with van der Waals surface area (Å²) in [5.74, 6) is 1.00. The zero-order valence-electron chi connectivity index (χ0n) is 18.2. The van der Waals surface area contributed by atoms with Crippen molar-refractivity contribution in [2.75, 3.05) is 40.2 Å². The topological polar surface area (TPSA) is 77.1 Å². The Morgan fingerprint density at radius 1 is 0.967 bits per heavy atom. The van der Waals surface area contributed by atoms with Crippen molar-refractivity contribution in [3.8, 4) is 17.2 Å². The molecule has 2 aromatic rings. The van der Waals surface area contributed by atoms with Gasteiger partial charge in [0, 0.05) is 30.4 Å². The van der Waals surface area contributed by atoms with E-state index < -0.39 is 0 Å². The molecule has 0 aliphatic rings. The summed E-state index contributed by atoms with van der Waals surface area (Å²) in [6.07, 6.45) is 3.00. The second kappa shape index (κ2) is 10.3. The van der Waals surface area contributed by atoms with Gasteiger partial charge in [-0.15, -0.1) is 0 Å². The first kappa shape index (κ1) is 22.8. The fourth-order valence-corrected chi connectivity index (χ4v) is 2.96. The van der Waals surface area contributed by atoms with Crippen molar-refractivity contribution >= 4 is 23.6 Å². The Hall–Kier alpha value is -3.48. The Morgan fingerprint density at radius 2 is 1.53 bits per heavy atom. The third kappa shape index (κ3) is 5.53. The smallest absolute Gasteiger partial charge is 0.246 e. The van der Waals surface area contributed by atoms with E-state index in [1.807, 2.05) is 32.0 Å². The number of benzene rings is 2. The van der Waals surface area contributed by atoms with Crippen molar-refractivity contribution in [2.24, 2.45) is 0 Å². The van der Waals surface area contributed by atoms with Crippen LogP contribution < -0.4 is 19.5 Å². The van der Waals surface area contributed by atoms with Crippen LogP contribution in [0.25, 0.3) is 6.08 Å². The van der Waals surface area contributed by atoms with Gasteiger partial charge in [-0.05, 0) is 37.1 Å². The monoisotopic (exact) mass is 412 g/mol. The van der Waals surface area contributed by atoms with Crippen LogP contribution in [0.2, 0.25) is 0 Å². The van der Waals surface area contributed by atoms with Crippen LogP contribution in [0.15, 0.2) is 36.4 Å². The lowest BCUT2D eigenvalue weighted by Gasteiger charge is -2.17. The Kier molecular flexibility index (Phi) is 7.86. The molecule has 2 aromatic carbocycles. The highest BCUT2D eigenvalue weighted by Crippen LogP contribution is 2.35. The molecule has 2 rings (SSSR count). The van der Waals surface area contributed by atoms with Crippen LogP contribution in [0.5, 0.6) is 17.2 Å². The van der Waals surface area contributed by atoms with Crippen molar-refractivity contribution in [2.45, 2.75) is 13.8 Å². The summed E-state index contributed by atoms with van der Waals surface area (Å²) in [6.45, 7) is 3.79. The minimum absolute atomic E-state index is 0.0694. The van der Waals surface area contributed by atoms with Crippen LogP contribution in [0.1, 0.15) is 16.7 Å². The molecule has 2 amide bonds. The predicted molar refractivity (Wildman–Crippen MR) is 117 cm³/mol. The second-order valence-corrected chi connectivity index (χ2v) is 6.79. The van der Waals surface area contributed by atoms with E-state index in [9.17, 15) is 9.59 Å². The molecule has 0 aliphatic carbocycles. The number of hydrogen-bond acceptors (Lipinski definition) is 5. The molecule has 0 spiro atoms. The lowest BCUT2D eigenvalue weighted by atomic mass is 10.1. The van der Waals surface area contributed by atoms with Gasteiger partial charge in [-0.25, -0.2) is 0 Å². The molecule has 0 heterocycles. The number of aryl methyl sites for hydroxylation is 2. The Bertz CT molecular complexity index is 933. The Morgan fingerprint density at radius 3 is 2.10 bits per heavy atom. The number of para-hydroxylation sites is 1. The summed E-state index contributed by atoms with van der Waals surface area (Å²) in [6, 6.07) is 9.19. The maximum absolute atomic E-state index is 12.5. The number of ether oxygens (including phenoxy) is 3. The number of carbonyl (C=O) groups excluding carboxylic acids is 2. The lowest BCUT2D eigenvalue weighted by Crippen LogP contribution is -2.34. The van der Waals surface area contributed by atoms with Gasteiger partial charge in [-0.1, -0.05) is 18.2 Å². The van der Waals surface area contributed by atoms with Gasteiger partial charge in [-0.3, -0.25) is 9.59 Å². The van der Waals surface area contributed by atoms with E-state index in [4.69, 9.17) is 14.2 Å². The zero-order valence-corrected chi connectivity index (χ0v) is 18.2. The van der Waals surface area contributed by atoms with Crippen molar-refractivity contribution in [1.82, 2.24) is 4.90 Å². The van der Waals surface area contributed by atoms with Crippen molar-refractivity contribution in [3.63, 3.8) is 0 Å². The number of hydrogen-bond donors (Lipinski definition) is 1. The molecule has 0 atom stereocenters. The van der Waals surface area contributed by atoms with E-state index in [-0.39, 0.29) is 18.4 Å². The molecular weight excluding hydrogens is 384 g/mol. The number of likely N-dealkylation sites (N-methyl/N-ethyl adjacent to an activating group) is 1. The second-order valence-electron chi connectivity index (χ2n) is 6.79. The number of rotatable bonds is 8. The van der Waals surface area contributed by atoms with Gasteiger partial charge in [0.25, 0.3) is 0 Å².